The molecule has 0 saturated carbocycles. The number of nitrogens with one attached hydrogen (secondary N) is 1. The van der Waals surface area contributed by atoms with E-state index in [1.165, 1.54) is 18.9 Å². The SMILES string of the molecule is CCCCCC(Br)c1cc2c(cc1F)NC(=O)CC2. The van der Waals surface area contributed by atoms with Crippen LogP contribution in [-0.2, 0) is 11.2 Å². The fourth-order valence-electron chi connectivity index (χ4n) is 2.39. The predicted molar refractivity (Wildman–Crippen MR) is 79.2 cm³/mol. The molecular formula is C15H19BrFNO. The normalized spacial score (nSPS) is 15.8. The molecule has 0 aliphatic carbocycles. The summed E-state index contributed by atoms with van der Waals surface area (Å²) in [6.45, 7) is 2.16. The Morgan fingerprint density at radius 2 is 2.16 bits per heavy atom. The summed E-state index contributed by atoms with van der Waals surface area (Å²) >= 11 is 3.58. The topological polar surface area (TPSA) is 29.1 Å². The van der Waals surface area contributed by atoms with Gasteiger partial charge in [-0.3, -0.25) is 4.79 Å². The minimum Gasteiger partial charge on any atom is -0.326 e. The number of halogens is 2. The lowest BCUT2D eigenvalue weighted by Gasteiger charge is -2.20. The first-order chi connectivity index (χ1) is 9.11. The van der Waals surface area contributed by atoms with Crippen LogP contribution in [0.3, 0.4) is 0 Å². The maximum absolute atomic E-state index is 14.1. The molecule has 1 heterocycles. The lowest BCUT2D eigenvalue weighted by molar-refractivity contribution is -0.116. The van der Waals surface area contributed by atoms with Crippen LogP contribution in [0.5, 0.6) is 0 Å². The van der Waals surface area contributed by atoms with E-state index < -0.39 is 0 Å². The van der Waals surface area contributed by atoms with Gasteiger partial charge in [-0.15, -0.1) is 0 Å². The van der Waals surface area contributed by atoms with Crippen molar-refractivity contribution in [3.8, 4) is 0 Å². The van der Waals surface area contributed by atoms with Crippen LogP contribution in [0.15, 0.2) is 12.1 Å². The molecule has 1 atom stereocenters. The molecule has 2 nitrogen and oxygen atoms in total. The standard InChI is InChI=1S/C15H19BrFNO/c1-2-3-4-5-12(16)11-8-10-6-7-15(19)18-14(10)9-13(11)17/h8-9,12H,2-7H2,1H3,(H,18,19). The van der Waals surface area contributed by atoms with Crippen LogP contribution in [0, 0.1) is 5.82 Å². The van der Waals surface area contributed by atoms with Gasteiger partial charge in [-0.1, -0.05) is 42.1 Å². The molecule has 1 N–H and O–H groups in total. The molecule has 4 heteroatoms. The van der Waals surface area contributed by atoms with Gasteiger partial charge in [0.15, 0.2) is 0 Å². The summed E-state index contributed by atoms with van der Waals surface area (Å²) in [5.74, 6) is -0.266. The van der Waals surface area contributed by atoms with Crippen LogP contribution in [0.2, 0.25) is 0 Å². The second-order valence-corrected chi connectivity index (χ2v) is 6.15. The minimum absolute atomic E-state index is 0.0296. The van der Waals surface area contributed by atoms with Crippen LogP contribution in [0.25, 0.3) is 0 Å². The number of anilines is 1. The summed E-state index contributed by atoms with van der Waals surface area (Å²) in [7, 11) is 0. The number of hydrogen-bond donors (Lipinski definition) is 1. The Balaban J connectivity index is 2.15. The molecule has 1 aromatic carbocycles. The largest absolute Gasteiger partial charge is 0.326 e. The highest BCUT2D eigenvalue weighted by Crippen LogP contribution is 2.35. The molecule has 0 spiro atoms. The lowest BCUT2D eigenvalue weighted by Crippen LogP contribution is -2.19. The molecule has 19 heavy (non-hydrogen) atoms. The third-order valence-corrected chi connectivity index (χ3v) is 4.47. The Kier molecular flexibility index (Phi) is 4.97. The van der Waals surface area contributed by atoms with E-state index in [4.69, 9.17) is 0 Å². The summed E-state index contributed by atoms with van der Waals surface area (Å²) in [5.41, 5.74) is 2.38. The van der Waals surface area contributed by atoms with E-state index in [-0.39, 0.29) is 16.6 Å². The fourth-order valence-corrected chi connectivity index (χ4v) is 3.06. The van der Waals surface area contributed by atoms with Gasteiger partial charge in [0.1, 0.15) is 5.82 Å². The van der Waals surface area contributed by atoms with Crippen molar-refractivity contribution in [1.29, 1.82) is 0 Å². The number of rotatable bonds is 5. The van der Waals surface area contributed by atoms with Gasteiger partial charge in [0.05, 0.1) is 0 Å². The number of fused-ring (bicyclic) bond motifs is 1. The van der Waals surface area contributed by atoms with Gasteiger partial charge in [0.25, 0.3) is 0 Å². The summed E-state index contributed by atoms with van der Waals surface area (Å²) in [6.07, 6.45) is 5.56. The summed E-state index contributed by atoms with van der Waals surface area (Å²) in [4.78, 5) is 11.3. The van der Waals surface area contributed by atoms with E-state index in [0.29, 0.717) is 24.1 Å². The average Bonchev–Trinajstić information content (AvgIpc) is 2.38. The van der Waals surface area contributed by atoms with Gasteiger partial charge in [0.2, 0.25) is 5.91 Å². The van der Waals surface area contributed by atoms with Gasteiger partial charge >= 0.3 is 0 Å². The number of amides is 1. The third kappa shape index (κ3) is 3.56. The first-order valence-electron chi connectivity index (χ1n) is 6.88. The molecule has 1 aliphatic rings. The van der Waals surface area contributed by atoms with Crippen LogP contribution >= 0.6 is 15.9 Å². The Morgan fingerprint density at radius 1 is 1.37 bits per heavy atom. The van der Waals surface area contributed by atoms with Crippen LogP contribution in [-0.4, -0.2) is 5.91 Å². The smallest absolute Gasteiger partial charge is 0.224 e. The highest BCUT2D eigenvalue weighted by molar-refractivity contribution is 9.09. The zero-order valence-corrected chi connectivity index (χ0v) is 12.7. The molecule has 2 rings (SSSR count). The first-order valence-corrected chi connectivity index (χ1v) is 7.79. The highest BCUT2D eigenvalue weighted by Gasteiger charge is 2.20. The number of benzene rings is 1. The summed E-state index contributed by atoms with van der Waals surface area (Å²) in [6, 6.07) is 3.35. The van der Waals surface area contributed by atoms with E-state index >= 15 is 0 Å². The number of hydrogen-bond acceptors (Lipinski definition) is 1. The van der Waals surface area contributed by atoms with Crippen molar-refractivity contribution in [3.63, 3.8) is 0 Å². The van der Waals surface area contributed by atoms with Crippen molar-refractivity contribution in [1.82, 2.24) is 0 Å². The number of alkyl halides is 1. The molecule has 1 amide bonds. The Labute approximate surface area is 121 Å². The lowest BCUT2D eigenvalue weighted by atomic mass is 9.97. The van der Waals surface area contributed by atoms with E-state index in [0.717, 1.165) is 18.4 Å². The maximum Gasteiger partial charge on any atom is 0.224 e. The van der Waals surface area contributed by atoms with Crippen molar-refractivity contribution >= 4 is 27.5 Å². The predicted octanol–water partition coefficient (Wildman–Crippen LogP) is 4.73. The molecular weight excluding hydrogens is 309 g/mol. The van der Waals surface area contributed by atoms with E-state index in [1.54, 1.807) is 0 Å². The molecule has 0 bridgehead atoms. The number of unbranched alkanes of at least 4 members (excludes halogenated alkanes) is 2. The van der Waals surface area contributed by atoms with Crippen molar-refractivity contribution in [3.05, 3.63) is 29.1 Å². The molecule has 0 radical (unpaired) electrons. The van der Waals surface area contributed by atoms with Crippen LogP contribution < -0.4 is 5.32 Å². The van der Waals surface area contributed by atoms with E-state index in [1.807, 2.05) is 6.07 Å². The summed E-state index contributed by atoms with van der Waals surface area (Å²) in [5, 5.41) is 2.72. The Hall–Kier alpha value is -0.900. The molecule has 104 valence electrons. The van der Waals surface area contributed by atoms with Gasteiger partial charge in [-0.05, 0) is 30.5 Å². The Morgan fingerprint density at radius 3 is 2.89 bits per heavy atom. The van der Waals surface area contributed by atoms with Crippen molar-refractivity contribution in [2.24, 2.45) is 0 Å². The minimum atomic E-state index is -0.237. The molecule has 1 aliphatic heterocycles. The molecule has 0 fully saturated rings. The molecule has 1 unspecified atom stereocenters. The van der Waals surface area contributed by atoms with Crippen LogP contribution in [0.4, 0.5) is 10.1 Å². The van der Waals surface area contributed by atoms with E-state index in [9.17, 15) is 9.18 Å². The zero-order valence-electron chi connectivity index (χ0n) is 11.1. The van der Waals surface area contributed by atoms with Crippen molar-refractivity contribution in [2.45, 2.75) is 50.3 Å². The Bertz CT molecular complexity index is 475. The van der Waals surface area contributed by atoms with E-state index in [2.05, 4.69) is 28.2 Å². The molecule has 1 aromatic rings. The quantitative estimate of drug-likeness (QED) is 0.615. The van der Waals surface area contributed by atoms with Gasteiger partial charge in [-0.2, -0.15) is 0 Å². The second kappa shape index (κ2) is 6.51. The number of carbonyl (C=O) groups excluding carboxylic acids is 1. The third-order valence-electron chi connectivity index (χ3n) is 3.52. The van der Waals surface area contributed by atoms with Gasteiger partial charge in [0, 0.05) is 22.5 Å². The van der Waals surface area contributed by atoms with Gasteiger partial charge in [-0.25, -0.2) is 4.39 Å². The number of aryl methyl sites for hydroxylation is 1. The first kappa shape index (κ1) is 14.5. The molecule has 0 aromatic heterocycles. The zero-order chi connectivity index (χ0) is 13.8. The van der Waals surface area contributed by atoms with Gasteiger partial charge < -0.3 is 5.32 Å². The summed E-state index contributed by atoms with van der Waals surface area (Å²) < 4.78 is 14.1. The molecule has 0 saturated heterocycles. The monoisotopic (exact) mass is 327 g/mol. The highest BCUT2D eigenvalue weighted by atomic mass is 79.9. The average molecular weight is 328 g/mol. The fraction of sp³-hybridized carbons (Fsp3) is 0.533. The number of carbonyl (C=O) groups is 1. The van der Waals surface area contributed by atoms with Crippen molar-refractivity contribution < 1.29 is 9.18 Å². The second-order valence-electron chi connectivity index (χ2n) is 5.04. The van der Waals surface area contributed by atoms with Crippen LogP contribution in [0.1, 0.15) is 55.0 Å². The maximum atomic E-state index is 14.1. The van der Waals surface area contributed by atoms with Crippen molar-refractivity contribution in [2.75, 3.05) is 5.32 Å².